The van der Waals surface area contributed by atoms with Gasteiger partial charge in [0, 0.05) is 13.0 Å². The van der Waals surface area contributed by atoms with Gasteiger partial charge in [-0.2, -0.15) is 22.7 Å². The Kier molecular flexibility index (Phi) is 8.02. The zero-order valence-electron chi connectivity index (χ0n) is 23.1. The van der Waals surface area contributed by atoms with Gasteiger partial charge in [0.15, 0.2) is 5.82 Å². The van der Waals surface area contributed by atoms with E-state index in [-0.39, 0.29) is 23.7 Å². The summed E-state index contributed by atoms with van der Waals surface area (Å²) in [5.41, 5.74) is 5.55. The van der Waals surface area contributed by atoms with E-state index in [0.717, 1.165) is 38.7 Å². The highest BCUT2D eigenvalue weighted by molar-refractivity contribution is 7.89. The maximum atomic E-state index is 14.0. The Morgan fingerprint density at radius 3 is 2.19 bits per heavy atom. The van der Waals surface area contributed by atoms with Crippen LogP contribution in [-0.4, -0.2) is 33.3 Å². The minimum Gasteiger partial charge on any atom is -0.455 e. The lowest BCUT2D eigenvalue weighted by Gasteiger charge is -2.24. The lowest BCUT2D eigenvalue weighted by Crippen LogP contribution is -2.31. The molecule has 2 heterocycles. The highest BCUT2D eigenvalue weighted by Crippen LogP contribution is 2.33. The molecule has 0 aliphatic carbocycles. The maximum Gasteiger partial charge on any atom is 0.449 e. The lowest BCUT2D eigenvalue weighted by molar-refractivity contribution is -0.153. The number of H-pyrrole nitrogens is 1. The number of sulfonamides is 1. The Hall–Kier alpha value is -4.29. The van der Waals surface area contributed by atoms with Crippen LogP contribution in [0.15, 0.2) is 82.1 Å². The van der Waals surface area contributed by atoms with E-state index in [1.54, 1.807) is 26.0 Å². The van der Waals surface area contributed by atoms with Crippen LogP contribution >= 0.6 is 0 Å². The first-order valence-electron chi connectivity index (χ1n) is 13.0. The first-order chi connectivity index (χ1) is 19.9. The summed E-state index contributed by atoms with van der Waals surface area (Å²) in [6, 6.07) is 20.8. The van der Waals surface area contributed by atoms with E-state index in [1.807, 2.05) is 55.5 Å². The maximum absolute atomic E-state index is 14.0. The predicted molar refractivity (Wildman–Crippen MR) is 150 cm³/mol. The molecule has 0 atom stereocenters. The van der Waals surface area contributed by atoms with E-state index < -0.39 is 22.0 Å². The second-order valence-corrected chi connectivity index (χ2v) is 12.0. The molecule has 0 amide bonds. The molecule has 0 fully saturated rings. The Balaban J connectivity index is 1.44. The summed E-state index contributed by atoms with van der Waals surface area (Å²) >= 11 is 0. The fourth-order valence-electron chi connectivity index (χ4n) is 5.02. The molecule has 1 N–H and O–H groups in total. The van der Waals surface area contributed by atoms with Crippen molar-refractivity contribution in [2.75, 3.05) is 0 Å². The Bertz CT molecular complexity index is 1780. The van der Waals surface area contributed by atoms with Gasteiger partial charge in [-0.05, 0) is 66.3 Å². The molecule has 0 bridgehead atoms. The van der Waals surface area contributed by atoms with Gasteiger partial charge in [0.1, 0.15) is 5.76 Å². The lowest BCUT2D eigenvalue weighted by atomic mass is 10.0. The van der Waals surface area contributed by atoms with Crippen LogP contribution in [0.5, 0.6) is 0 Å². The van der Waals surface area contributed by atoms with Crippen molar-refractivity contribution < 1.29 is 26.0 Å². The number of halogens is 3. The normalized spacial score (nSPS) is 12.3. The average molecular weight is 596 g/mol. The standard InChI is InChI=1S/C30H28F3N5O3S/c1-19-13-20(2)29(21(3)14-19)42(39,40)38(18-26-11-12-27(41-26)30(31,32)33)17-22-7-9-24(10-8-22)25-6-4-5-23(15-25)16-28-34-36-37-35-28/h4-15H,16-18H2,1-3H3,(H,34,35,36,37). The number of hydrogen-bond acceptors (Lipinski definition) is 6. The monoisotopic (exact) mass is 595 g/mol. The predicted octanol–water partition coefficient (Wildman–Crippen LogP) is 6.39. The van der Waals surface area contributed by atoms with Crippen molar-refractivity contribution in [2.24, 2.45) is 0 Å². The third-order valence-corrected chi connectivity index (χ3v) is 8.90. The second-order valence-electron chi connectivity index (χ2n) is 10.2. The molecular weight excluding hydrogens is 567 g/mol. The number of nitrogens with zero attached hydrogens (tertiary/aromatic N) is 4. The molecule has 5 aromatic rings. The van der Waals surface area contributed by atoms with Gasteiger partial charge < -0.3 is 4.42 Å². The molecular formula is C30H28F3N5O3S. The van der Waals surface area contributed by atoms with E-state index >= 15 is 0 Å². The Labute approximate surface area is 241 Å². The molecule has 0 unspecified atom stereocenters. The molecule has 0 aliphatic rings. The Morgan fingerprint density at radius 2 is 1.57 bits per heavy atom. The van der Waals surface area contributed by atoms with Gasteiger partial charge in [0.05, 0.1) is 11.4 Å². The number of hydrogen-bond donors (Lipinski definition) is 1. The summed E-state index contributed by atoms with van der Waals surface area (Å²) in [6.07, 6.45) is -4.17. The molecule has 12 heteroatoms. The van der Waals surface area contributed by atoms with Crippen molar-refractivity contribution >= 4 is 10.0 Å². The van der Waals surface area contributed by atoms with Gasteiger partial charge in [0.2, 0.25) is 15.8 Å². The number of aryl methyl sites for hydroxylation is 3. The van der Waals surface area contributed by atoms with Crippen molar-refractivity contribution in [3.8, 4) is 11.1 Å². The summed E-state index contributed by atoms with van der Waals surface area (Å²) in [5.74, 6) is -0.714. The summed E-state index contributed by atoms with van der Waals surface area (Å²) in [7, 11) is -4.12. The molecule has 5 rings (SSSR count). The molecule has 0 saturated heterocycles. The van der Waals surface area contributed by atoms with Crippen molar-refractivity contribution in [2.45, 2.75) is 51.4 Å². The zero-order chi connectivity index (χ0) is 30.1. The van der Waals surface area contributed by atoms with Crippen LogP contribution in [0, 0.1) is 20.8 Å². The number of nitrogens with one attached hydrogen (secondary N) is 1. The highest BCUT2D eigenvalue weighted by atomic mass is 32.2. The minimum atomic E-state index is -4.68. The number of aromatic amines is 1. The topological polar surface area (TPSA) is 105 Å². The van der Waals surface area contributed by atoms with Gasteiger partial charge in [-0.3, -0.25) is 0 Å². The van der Waals surface area contributed by atoms with Crippen LogP contribution in [0.1, 0.15) is 45.2 Å². The molecule has 3 aromatic carbocycles. The van der Waals surface area contributed by atoms with E-state index in [0.29, 0.717) is 28.9 Å². The fraction of sp³-hybridized carbons (Fsp3) is 0.233. The van der Waals surface area contributed by atoms with Crippen molar-refractivity contribution in [3.63, 3.8) is 0 Å². The third-order valence-electron chi connectivity index (χ3n) is 6.80. The van der Waals surface area contributed by atoms with Gasteiger partial charge in [-0.25, -0.2) is 8.42 Å². The summed E-state index contributed by atoms with van der Waals surface area (Å²) < 4.78 is 73.7. The number of furan rings is 1. The number of benzene rings is 3. The summed E-state index contributed by atoms with van der Waals surface area (Å²) in [6.45, 7) is 4.85. The zero-order valence-corrected chi connectivity index (χ0v) is 23.9. The third kappa shape index (κ3) is 6.44. The van der Waals surface area contributed by atoms with E-state index in [9.17, 15) is 21.6 Å². The first kappa shape index (κ1) is 29.2. The van der Waals surface area contributed by atoms with Crippen LogP contribution in [-0.2, 0) is 35.7 Å². The van der Waals surface area contributed by atoms with Crippen molar-refractivity contribution in [1.29, 1.82) is 0 Å². The number of aromatic nitrogens is 4. The van der Waals surface area contributed by atoms with E-state index in [1.165, 1.54) is 0 Å². The SMILES string of the molecule is Cc1cc(C)c(S(=O)(=O)N(Cc2ccc(-c3cccc(Cc4nn[nH]n4)c3)cc2)Cc2ccc(C(F)(F)F)o2)c(C)c1. The molecule has 0 saturated carbocycles. The van der Waals surface area contributed by atoms with Crippen LogP contribution in [0.4, 0.5) is 13.2 Å². The van der Waals surface area contributed by atoms with Crippen LogP contribution in [0.3, 0.4) is 0 Å². The molecule has 0 spiro atoms. The molecule has 218 valence electrons. The van der Waals surface area contributed by atoms with E-state index in [2.05, 4.69) is 20.6 Å². The van der Waals surface area contributed by atoms with E-state index in [4.69, 9.17) is 4.42 Å². The molecule has 0 radical (unpaired) electrons. The molecule has 42 heavy (non-hydrogen) atoms. The smallest absolute Gasteiger partial charge is 0.449 e. The number of alkyl halides is 3. The largest absolute Gasteiger partial charge is 0.455 e. The van der Waals surface area contributed by atoms with Crippen molar-refractivity contribution in [1.82, 2.24) is 24.9 Å². The quantitative estimate of drug-likeness (QED) is 0.212. The van der Waals surface area contributed by atoms with Crippen molar-refractivity contribution in [3.05, 3.63) is 118 Å². The van der Waals surface area contributed by atoms with Gasteiger partial charge >= 0.3 is 6.18 Å². The van der Waals surface area contributed by atoms with Gasteiger partial charge in [-0.15, -0.1) is 10.2 Å². The summed E-state index contributed by atoms with van der Waals surface area (Å²) in [4.78, 5) is 0.130. The second kappa shape index (κ2) is 11.5. The van der Waals surface area contributed by atoms with Gasteiger partial charge in [-0.1, -0.05) is 71.4 Å². The summed E-state index contributed by atoms with van der Waals surface area (Å²) in [5, 5.41) is 14.0. The highest BCUT2D eigenvalue weighted by Gasteiger charge is 2.36. The molecule has 2 aromatic heterocycles. The number of tetrazole rings is 1. The van der Waals surface area contributed by atoms with Crippen LogP contribution in [0.2, 0.25) is 0 Å². The fourth-order valence-corrected chi connectivity index (χ4v) is 6.83. The molecule has 0 aliphatic heterocycles. The molecule has 8 nitrogen and oxygen atoms in total. The van der Waals surface area contributed by atoms with Crippen LogP contribution in [0.25, 0.3) is 11.1 Å². The minimum absolute atomic E-state index is 0.0741. The van der Waals surface area contributed by atoms with Gasteiger partial charge in [0.25, 0.3) is 0 Å². The number of rotatable bonds is 9. The average Bonchev–Trinajstić information content (AvgIpc) is 3.61. The Morgan fingerprint density at radius 1 is 0.857 bits per heavy atom. The van der Waals surface area contributed by atoms with Crippen LogP contribution < -0.4 is 0 Å². The first-order valence-corrected chi connectivity index (χ1v) is 14.5.